The van der Waals surface area contributed by atoms with E-state index in [1.807, 2.05) is 72.9 Å². The van der Waals surface area contributed by atoms with Crippen LogP contribution in [0, 0.1) is 0 Å². The predicted octanol–water partition coefficient (Wildman–Crippen LogP) is 4.97. The maximum absolute atomic E-state index is 12.7. The molecular formula is C24H18N2O3. The second kappa shape index (κ2) is 6.95. The van der Waals surface area contributed by atoms with E-state index >= 15 is 0 Å². The Morgan fingerprint density at radius 2 is 1.79 bits per heavy atom. The van der Waals surface area contributed by atoms with Crippen molar-refractivity contribution in [2.45, 2.75) is 0 Å². The molecule has 0 saturated carbocycles. The highest BCUT2D eigenvalue weighted by Gasteiger charge is 2.27. The Balaban J connectivity index is 1.60. The number of rotatable bonds is 3. The van der Waals surface area contributed by atoms with E-state index in [2.05, 4.69) is 11.1 Å². The van der Waals surface area contributed by atoms with E-state index in [4.69, 9.17) is 9.47 Å². The summed E-state index contributed by atoms with van der Waals surface area (Å²) < 4.78 is 10.9. The van der Waals surface area contributed by atoms with E-state index in [0.29, 0.717) is 5.75 Å². The molecule has 2 heterocycles. The summed E-state index contributed by atoms with van der Waals surface area (Å²) in [4.78, 5) is 18.9. The van der Waals surface area contributed by atoms with E-state index in [0.717, 1.165) is 39.2 Å². The van der Waals surface area contributed by atoms with E-state index in [1.54, 1.807) is 12.0 Å². The largest absolute Gasteiger partial charge is 0.497 e. The molecule has 5 heteroatoms. The molecule has 3 aromatic carbocycles. The molecule has 1 aliphatic rings. The van der Waals surface area contributed by atoms with Crippen LogP contribution in [-0.4, -0.2) is 24.6 Å². The SMILES string of the molecule is COc1ccc(N2C(=O)COc3ccc(-c4cnc5ccccc5c4)cc32)cc1. The zero-order chi connectivity index (χ0) is 19.8. The molecule has 0 unspecified atom stereocenters. The number of nitrogens with zero attached hydrogens (tertiary/aromatic N) is 2. The highest BCUT2D eigenvalue weighted by Crippen LogP contribution is 2.40. The van der Waals surface area contributed by atoms with Crippen LogP contribution in [0.25, 0.3) is 22.0 Å². The number of carbonyl (C=O) groups excluding carboxylic acids is 1. The summed E-state index contributed by atoms with van der Waals surface area (Å²) in [5, 5.41) is 1.07. The van der Waals surface area contributed by atoms with Gasteiger partial charge in [-0.15, -0.1) is 0 Å². The summed E-state index contributed by atoms with van der Waals surface area (Å²) in [7, 11) is 1.62. The molecule has 142 valence electrons. The Morgan fingerprint density at radius 3 is 2.62 bits per heavy atom. The van der Waals surface area contributed by atoms with Gasteiger partial charge in [0, 0.05) is 22.8 Å². The van der Waals surface area contributed by atoms with Crippen LogP contribution < -0.4 is 14.4 Å². The number of pyridine rings is 1. The standard InChI is InChI=1S/C24H18N2O3/c1-28-20-9-7-19(8-10-20)26-22-13-16(6-11-23(22)29-15-24(26)27)18-12-17-4-2-3-5-21(17)25-14-18/h2-14H,15H2,1H3. The van der Waals surface area contributed by atoms with Crippen molar-refractivity contribution in [3.8, 4) is 22.6 Å². The first-order chi connectivity index (χ1) is 14.2. The van der Waals surface area contributed by atoms with Gasteiger partial charge in [0.05, 0.1) is 18.3 Å². The van der Waals surface area contributed by atoms with Crippen molar-refractivity contribution in [2.24, 2.45) is 0 Å². The third-order valence-electron chi connectivity index (χ3n) is 5.05. The number of amides is 1. The number of hydrogen-bond acceptors (Lipinski definition) is 4. The van der Waals surface area contributed by atoms with Crippen LogP contribution in [0.2, 0.25) is 0 Å². The molecule has 4 aromatic rings. The van der Waals surface area contributed by atoms with Crippen LogP contribution in [0.1, 0.15) is 0 Å². The second-order valence-corrected chi connectivity index (χ2v) is 6.82. The van der Waals surface area contributed by atoms with Crippen molar-refractivity contribution in [1.82, 2.24) is 4.98 Å². The third kappa shape index (κ3) is 3.06. The van der Waals surface area contributed by atoms with Crippen molar-refractivity contribution in [3.63, 3.8) is 0 Å². The number of methoxy groups -OCH3 is 1. The first kappa shape index (κ1) is 17.3. The number of hydrogen-bond donors (Lipinski definition) is 0. The lowest BCUT2D eigenvalue weighted by Crippen LogP contribution is -2.35. The lowest BCUT2D eigenvalue weighted by Gasteiger charge is -2.30. The summed E-state index contributed by atoms with van der Waals surface area (Å²) in [6.45, 7) is 0.00983. The van der Waals surface area contributed by atoms with Gasteiger partial charge in [0.15, 0.2) is 6.61 Å². The van der Waals surface area contributed by atoms with Gasteiger partial charge in [-0.2, -0.15) is 0 Å². The molecule has 0 fully saturated rings. The number of anilines is 2. The monoisotopic (exact) mass is 382 g/mol. The maximum atomic E-state index is 12.7. The van der Waals surface area contributed by atoms with E-state index in [1.165, 1.54) is 0 Å². The van der Waals surface area contributed by atoms with Crippen LogP contribution in [0.5, 0.6) is 11.5 Å². The van der Waals surface area contributed by atoms with Crippen molar-refractivity contribution in [1.29, 1.82) is 0 Å². The Hall–Kier alpha value is -3.86. The quantitative estimate of drug-likeness (QED) is 0.502. The van der Waals surface area contributed by atoms with E-state index in [9.17, 15) is 4.79 Å². The molecular weight excluding hydrogens is 364 g/mol. The van der Waals surface area contributed by atoms with Crippen LogP contribution in [-0.2, 0) is 4.79 Å². The highest BCUT2D eigenvalue weighted by atomic mass is 16.5. The Labute approximate surface area is 168 Å². The van der Waals surface area contributed by atoms with E-state index < -0.39 is 0 Å². The maximum Gasteiger partial charge on any atom is 0.269 e. The molecule has 5 rings (SSSR count). The third-order valence-corrected chi connectivity index (χ3v) is 5.05. The Kier molecular flexibility index (Phi) is 4.13. The Morgan fingerprint density at radius 1 is 0.966 bits per heavy atom. The van der Waals surface area contributed by atoms with Gasteiger partial charge in [0.2, 0.25) is 0 Å². The van der Waals surface area contributed by atoms with Gasteiger partial charge >= 0.3 is 0 Å². The molecule has 0 radical (unpaired) electrons. The second-order valence-electron chi connectivity index (χ2n) is 6.82. The first-order valence-electron chi connectivity index (χ1n) is 9.32. The molecule has 0 saturated heterocycles. The van der Waals surface area contributed by atoms with Crippen molar-refractivity contribution in [2.75, 3.05) is 18.6 Å². The van der Waals surface area contributed by atoms with Gasteiger partial charge in [-0.25, -0.2) is 0 Å². The zero-order valence-corrected chi connectivity index (χ0v) is 15.8. The summed E-state index contributed by atoms with van der Waals surface area (Å²) in [5.41, 5.74) is 4.40. The van der Waals surface area contributed by atoms with Crippen LogP contribution >= 0.6 is 0 Å². The lowest BCUT2D eigenvalue weighted by molar-refractivity contribution is -0.120. The fourth-order valence-corrected chi connectivity index (χ4v) is 3.58. The van der Waals surface area contributed by atoms with Gasteiger partial charge in [-0.05, 0) is 54.1 Å². The number of ether oxygens (including phenoxy) is 2. The van der Waals surface area contributed by atoms with Crippen molar-refractivity contribution >= 4 is 28.2 Å². The molecule has 1 aromatic heterocycles. The average Bonchev–Trinajstić information content (AvgIpc) is 2.78. The molecule has 0 atom stereocenters. The van der Waals surface area contributed by atoms with Crippen LogP contribution in [0.3, 0.4) is 0 Å². The van der Waals surface area contributed by atoms with Crippen LogP contribution in [0.15, 0.2) is 79.0 Å². The van der Waals surface area contributed by atoms with E-state index in [-0.39, 0.29) is 12.5 Å². The van der Waals surface area contributed by atoms with Gasteiger partial charge in [0.1, 0.15) is 11.5 Å². The molecule has 5 nitrogen and oxygen atoms in total. The minimum atomic E-state index is -0.114. The smallest absolute Gasteiger partial charge is 0.269 e. The lowest BCUT2D eigenvalue weighted by atomic mass is 10.0. The molecule has 0 bridgehead atoms. The summed E-state index contributed by atoms with van der Waals surface area (Å²) in [5.74, 6) is 1.31. The zero-order valence-electron chi connectivity index (χ0n) is 15.8. The normalized spacial score (nSPS) is 13.1. The molecule has 1 aliphatic heterocycles. The molecule has 0 spiro atoms. The number of carbonyl (C=O) groups is 1. The molecule has 29 heavy (non-hydrogen) atoms. The number of fused-ring (bicyclic) bond motifs is 2. The van der Waals surface area contributed by atoms with Gasteiger partial charge in [-0.3, -0.25) is 14.7 Å². The Bertz CT molecular complexity index is 1220. The minimum absolute atomic E-state index is 0.00983. The van der Waals surface area contributed by atoms with Crippen LogP contribution in [0.4, 0.5) is 11.4 Å². The summed E-state index contributed by atoms with van der Waals surface area (Å²) in [6.07, 6.45) is 1.85. The highest BCUT2D eigenvalue weighted by molar-refractivity contribution is 6.05. The average molecular weight is 382 g/mol. The minimum Gasteiger partial charge on any atom is -0.497 e. The number of para-hydroxylation sites is 1. The predicted molar refractivity (Wildman–Crippen MR) is 113 cm³/mol. The summed E-state index contributed by atoms with van der Waals surface area (Å²) >= 11 is 0. The van der Waals surface area contributed by atoms with Gasteiger partial charge in [0.25, 0.3) is 5.91 Å². The molecule has 0 aliphatic carbocycles. The molecule has 0 N–H and O–H groups in total. The van der Waals surface area contributed by atoms with Gasteiger partial charge in [-0.1, -0.05) is 24.3 Å². The topological polar surface area (TPSA) is 51.7 Å². The number of aromatic nitrogens is 1. The fourth-order valence-electron chi connectivity index (χ4n) is 3.58. The molecule has 1 amide bonds. The summed E-state index contributed by atoms with van der Waals surface area (Å²) in [6, 6.07) is 23.4. The van der Waals surface area contributed by atoms with Crippen molar-refractivity contribution < 1.29 is 14.3 Å². The first-order valence-corrected chi connectivity index (χ1v) is 9.32. The van der Waals surface area contributed by atoms with Crippen molar-refractivity contribution in [3.05, 3.63) is 79.0 Å². The number of benzene rings is 3. The fraction of sp³-hybridized carbons (Fsp3) is 0.0833. The van der Waals surface area contributed by atoms with Gasteiger partial charge < -0.3 is 9.47 Å².